The Balaban J connectivity index is 1.61. The first-order chi connectivity index (χ1) is 17.4. The predicted molar refractivity (Wildman–Crippen MR) is 139 cm³/mol. The minimum atomic E-state index is -1.02. The zero-order valence-electron chi connectivity index (χ0n) is 20.3. The molecule has 3 aromatic rings. The molecule has 0 radical (unpaired) electrons. The van der Waals surface area contributed by atoms with Crippen LogP contribution in [0.4, 0.5) is 10.1 Å². The summed E-state index contributed by atoms with van der Waals surface area (Å²) in [7, 11) is 1.50. The van der Waals surface area contributed by atoms with Crippen molar-refractivity contribution in [2.75, 3.05) is 12.0 Å². The second-order valence-corrected chi connectivity index (χ2v) is 9.07. The van der Waals surface area contributed by atoms with Crippen molar-refractivity contribution in [1.29, 1.82) is 0 Å². The van der Waals surface area contributed by atoms with Crippen molar-refractivity contribution in [3.8, 4) is 16.9 Å². The van der Waals surface area contributed by atoms with Gasteiger partial charge in [-0.2, -0.15) is 0 Å². The molecule has 4 rings (SSSR count). The molecule has 1 aliphatic rings. The maximum Gasteiger partial charge on any atom is 0.328 e. The minimum absolute atomic E-state index is 0.0235. The number of carboxylic acid groups (broad SMARTS) is 1. The number of carbonyl (C=O) groups excluding carboxylic acids is 1. The van der Waals surface area contributed by atoms with Gasteiger partial charge in [0, 0.05) is 29.3 Å². The Kier molecular flexibility index (Phi) is 8.16. The summed E-state index contributed by atoms with van der Waals surface area (Å²) < 4.78 is 19.6. The van der Waals surface area contributed by atoms with E-state index in [0.717, 1.165) is 55.0 Å². The molecule has 0 bridgehead atoms. The van der Waals surface area contributed by atoms with E-state index >= 15 is 0 Å². The van der Waals surface area contributed by atoms with Gasteiger partial charge in [0.1, 0.15) is 11.6 Å². The predicted octanol–water partition coefficient (Wildman–Crippen LogP) is 6.71. The van der Waals surface area contributed by atoms with Gasteiger partial charge in [0.25, 0.3) is 0 Å². The Morgan fingerprint density at radius 3 is 2.44 bits per heavy atom. The van der Waals surface area contributed by atoms with Crippen LogP contribution in [0.5, 0.6) is 5.75 Å². The third-order valence-corrected chi connectivity index (χ3v) is 6.60. The summed E-state index contributed by atoms with van der Waals surface area (Å²) in [6, 6.07) is 19.7. The van der Waals surface area contributed by atoms with Crippen molar-refractivity contribution >= 4 is 23.6 Å². The van der Waals surface area contributed by atoms with Crippen molar-refractivity contribution in [3.63, 3.8) is 0 Å². The molecule has 3 aromatic carbocycles. The molecule has 1 saturated carbocycles. The van der Waals surface area contributed by atoms with Gasteiger partial charge < -0.3 is 14.7 Å². The Labute approximate surface area is 210 Å². The number of halogens is 1. The molecule has 0 aliphatic heterocycles. The van der Waals surface area contributed by atoms with Crippen LogP contribution in [0.1, 0.15) is 43.2 Å². The van der Waals surface area contributed by atoms with E-state index in [2.05, 4.69) is 0 Å². The molecule has 0 heterocycles. The summed E-state index contributed by atoms with van der Waals surface area (Å²) >= 11 is 0. The van der Waals surface area contributed by atoms with E-state index in [9.17, 15) is 14.0 Å². The monoisotopic (exact) mass is 487 g/mol. The van der Waals surface area contributed by atoms with E-state index in [0.29, 0.717) is 23.4 Å². The number of nitrogens with zero attached hydrogens (tertiary/aromatic N) is 1. The molecule has 1 fully saturated rings. The molecule has 0 saturated heterocycles. The lowest BCUT2D eigenvalue weighted by Crippen LogP contribution is -2.36. The van der Waals surface area contributed by atoms with Crippen molar-refractivity contribution in [2.24, 2.45) is 5.92 Å². The molecule has 36 heavy (non-hydrogen) atoms. The van der Waals surface area contributed by atoms with Gasteiger partial charge in [-0.15, -0.1) is 0 Å². The summed E-state index contributed by atoms with van der Waals surface area (Å²) in [5.41, 5.74) is 3.58. The Morgan fingerprint density at radius 1 is 1.03 bits per heavy atom. The van der Waals surface area contributed by atoms with E-state index in [1.807, 2.05) is 48.5 Å². The molecule has 6 heteroatoms. The number of rotatable bonds is 8. The van der Waals surface area contributed by atoms with Crippen molar-refractivity contribution in [1.82, 2.24) is 0 Å². The van der Waals surface area contributed by atoms with Crippen LogP contribution >= 0.6 is 0 Å². The summed E-state index contributed by atoms with van der Waals surface area (Å²) in [4.78, 5) is 26.4. The third kappa shape index (κ3) is 6.19. The first-order valence-electron chi connectivity index (χ1n) is 12.2. The van der Waals surface area contributed by atoms with Crippen LogP contribution in [-0.4, -0.2) is 24.1 Å². The fraction of sp³-hybridized carbons (Fsp3) is 0.267. The highest BCUT2D eigenvalue weighted by molar-refractivity contribution is 5.95. The van der Waals surface area contributed by atoms with Gasteiger partial charge in [0.2, 0.25) is 5.91 Å². The fourth-order valence-electron chi connectivity index (χ4n) is 4.66. The summed E-state index contributed by atoms with van der Waals surface area (Å²) in [5.74, 6) is -0.861. The fourth-order valence-corrected chi connectivity index (χ4v) is 4.66. The molecule has 1 amide bonds. The first kappa shape index (κ1) is 25.2. The Bertz CT molecular complexity index is 1250. The van der Waals surface area contributed by atoms with Crippen LogP contribution in [-0.2, 0) is 16.1 Å². The second kappa shape index (κ2) is 11.7. The Morgan fingerprint density at radius 2 is 1.78 bits per heavy atom. The molecule has 1 aliphatic carbocycles. The summed E-state index contributed by atoms with van der Waals surface area (Å²) in [5, 5.41) is 8.97. The van der Waals surface area contributed by atoms with Crippen LogP contribution in [0, 0.1) is 11.7 Å². The molecule has 186 valence electrons. The average molecular weight is 488 g/mol. The van der Waals surface area contributed by atoms with E-state index in [1.54, 1.807) is 17.0 Å². The number of benzene rings is 3. The highest BCUT2D eigenvalue weighted by atomic mass is 19.1. The van der Waals surface area contributed by atoms with Gasteiger partial charge in [-0.05, 0) is 59.9 Å². The lowest BCUT2D eigenvalue weighted by atomic mass is 9.88. The van der Waals surface area contributed by atoms with Crippen LogP contribution in [0.3, 0.4) is 0 Å². The normalized spacial score (nSPS) is 14.1. The van der Waals surface area contributed by atoms with Crippen molar-refractivity contribution in [2.45, 2.75) is 38.6 Å². The van der Waals surface area contributed by atoms with Gasteiger partial charge in [-0.25, -0.2) is 9.18 Å². The second-order valence-electron chi connectivity index (χ2n) is 9.07. The van der Waals surface area contributed by atoms with E-state index in [4.69, 9.17) is 9.84 Å². The van der Waals surface area contributed by atoms with Crippen LogP contribution in [0.25, 0.3) is 17.2 Å². The lowest BCUT2D eigenvalue weighted by Gasteiger charge is -2.30. The molecular weight excluding hydrogens is 457 g/mol. The number of carboxylic acids is 1. The number of carbonyl (C=O) groups is 2. The average Bonchev–Trinajstić information content (AvgIpc) is 2.91. The summed E-state index contributed by atoms with van der Waals surface area (Å²) in [6.45, 7) is 0.368. The third-order valence-electron chi connectivity index (χ3n) is 6.60. The van der Waals surface area contributed by atoms with Crippen molar-refractivity contribution in [3.05, 3.63) is 89.8 Å². The molecule has 0 unspecified atom stereocenters. The smallest absolute Gasteiger partial charge is 0.328 e. The molecule has 0 spiro atoms. The van der Waals surface area contributed by atoms with Gasteiger partial charge in [-0.1, -0.05) is 55.7 Å². The lowest BCUT2D eigenvalue weighted by molar-refractivity contribution is -0.131. The number of hydrogen-bond acceptors (Lipinski definition) is 3. The number of amides is 1. The van der Waals surface area contributed by atoms with Crippen LogP contribution < -0.4 is 9.64 Å². The number of anilines is 1. The van der Waals surface area contributed by atoms with Gasteiger partial charge in [0.05, 0.1) is 13.7 Å². The van der Waals surface area contributed by atoms with Gasteiger partial charge in [0.15, 0.2) is 0 Å². The molecule has 0 atom stereocenters. The Hall–Kier alpha value is -3.93. The van der Waals surface area contributed by atoms with Crippen LogP contribution in [0.15, 0.2) is 72.8 Å². The molecule has 1 N–H and O–H groups in total. The summed E-state index contributed by atoms with van der Waals surface area (Å²) in [6.07, 6.45) is 7.62. The van der Waals surface area contributed by atoms with Crippen LogP contribution in [0.2, 0.25) is 0 Å². The van der Waals surface area contributed by atoms with E-state index < -0.39 is 5.97 Å². The highest BCUT2D eigenvalue weighted by Crippen LogP contribution is 2.30. The van der Waals surface area contributed by atoms with E-state index in [1.165, 1.54) is 19.3 Å². The highest BCUT2D eigenvalue weighted by Gasteiger charge is 2.27. The van der Waals surface area contributed by atoms with Gasteiger partial charge >= 0.3 is 5.97 Å². The van der Waals surface area contributed by atoms with Gasteiger partial charge in [-0.3, -0.25) is 4.79 Å². The number of aliphatic carboxylic acids is 1. The topological polar surface area (TPSA) is 66.8 Å². The largest absolute Gasteiger partial charge is 0.497 e. The van der Waals surface area contributed by atoms with E-state index in [-0.39, 0.29) is 17.6 Å². The first-order valence-corrected chi connectivity index (χ1v) is 12.2. The SMILES string of the molecule is COc1ccc(-c2ccc(CN(C(=O)C3CCCCC3)c3cccc(C=CC(=O)O)c3)cc2)c(F)c1. The zero-order chi connectivity index (χ0) is 25.5. The van der Waals surface area contributed by atoms with Crippen molar-refractivity contribution < 1.29 is 23.8 Å². The number of hydrogen-bond donors (Lipinski definition) is 1. The molecule has 0 aromatic heterocycles. The quantitative estimate of drug-likeness (QED) is 0.359. The zero-order valence-corrected chi connectivity index (χ0v) is 20.3. The number of methoxy groups -OCH3 is 1. The minimum Gasteiger partial charge on any atom is -0.497 e. The maximum absolute atomic E-state index is 14.5. The molecule has 5 nitrogen and oxygen atoms in total. The maximum atomic E-state index is 14.5. The molecular formula is C30H30FNO4. The standard InChI is InChI=1S/C30H30FNO4/c1-36-26-15-16-27(28(31)19-26)23-13-10-22(11-14-23)20-32(30(35)24-7-3-2-4-8-24)25-9-5-6-21(18-25)12-17-29(33)34/h5-6,9-19,24H,2-4,7-8,20H2,1H3,(H,33,34). The number of ether oxygens (including phenoxy) is 1.